The van der Waals surface area contributed by atoms with Gasteiger partial charge in [-0.15, -0.1) is 0 Å². The number of thioether (sulfide) groups is 1. The third kappa shape index (κ3) is 6.58. The normalized spacial score (nSPS) is 18.7. The average Bonchev–Trinajstić information content (AvgIpc) is 3.04. The number of para-hydroxylation sites is 2. The van der Waals surface area contributed by atoms with Crippen LogP contribution in [-0.2, 0) is 16.1 Å². The van der Waals surface area contributed by atoms with Crippen LogP contribution >= 0.6 is 11.8 Å². The highest BCUT2D eigenvalue weighted by molar-refractivity contribution is 7.99. The number of aliphatic hydroxyl groups excluding tert-OH is 1. The van der Waals surface area contributed by atoms with Crippen LogP contribution in [0.4, 0.5) is 5.69 Å². The number of hydrogen-bond acceptors (Lipinski definition) is 9. The summed E-state index contributed by atoms with van der Waals surface area (Å²) in [6, 6.07) is 24.4. The van der Waals surface area contributed by atoms with Gasteiger partial charge in [-0.3, -0.25) is 9.78 Å². The summed E-state index contributed by atoms with van der Waals surface area (Å²) in [6.45, 7) is -0.0167. The monoisotopic (exact) mass is 565 g/mol. The molecule has 1 amide bonds. The van der Waals surface area contributed by atoms with Gasteiger partial charge in [-0.25, -0.2) is 15.0 Å². The SMILES string of the molecule is O=C(Nc1cccc([C@H]2O[C@@H](CSc3ncccn3)C[C@@H](c3ccc(CO)cc3)O2)c1)c1cnc2ccccc2n1. The van der Waals surface area contributed by atoms with Crippen LogP contribution in [0.2, 0.25) is 0 Å². The van der Waals surface area contributed by atoms with Crippen molar-refractivity contribution in [2.45, 2.75) is 36.7 Å². The summed E-state index contributed by atoms with van der Waals surface area (Å²) < 4.78 is 12.9. The zero-order chi connectivity index (χ0) is 28.0. The highest BCUT2D eigenvalue weighted by Gasteiger charge is 2.32. The maximum absolute atomic E-state index is 13.0. The Bertz CT molecular complexity index is 1640. The Balaban J connectivity index is 1.21. The first-order valence-electron chi connectivity index (χ1n) is 13.2. The molecule has 1 aliphatic rings. The van der Waals surface area contributed by atoms with Gasteiger partial charge in [0.1, 0.15) is 5.69 Å². The van der Waals surface area contributed by atoms with Crippen molar-refractivity contribution in [2.24, 2.45) is 0 Å². The second-order valence-corrected chi connectivity index (χ2v) is 10.5. The van der Waals surface area contributed by atoms with Crippen molar-refractivity contribution in [3.05, 3.63) is 120 Å². The molecule has 1 aliphatic heterocycles. The highest BCUT2D eigenvalue weighted by atomic mass is 32.2. The van der Waals surface area contributed by atoms with Crippen LogP contribution in [0.25, 0.3) is 11.0 Å². The summed E-state index contributed by atoms with van der Waals surface area (Å²) >= 11 is 1.53. The molecule has 0 spiro atoms. The van der Waals surface area contributed by atoms with E-state index in [2.05, 4.69) is 25.3 Å². The van der Waals surface area contributed by atoms with E-state index in [1.165, 1.54) is 18.0 Å². The Morgan fingerprint density at radius 1 is 0.902 bits per heavy atom. The van der Waals surface area contributed by atoms with E-state index in [9.17, 15) is 9.90 Å². The molecule has 0 unspecified atom stereocenters. The standard InChI is InChI=1S/C31H27N5O4S/c37-18-20-9-11-21(12-10-20)28-16-24(19-41-31-32-13-4-14-33-31)39-30(40-28)22-5-3-6-23(15-22)35-29(38)27-17-34-25-7-1-2-8-26(25)36-27/h1-15,17,24,28,30,37H,16,18-19H2,(H,35,38)/t24-,28+,30+/m1/s1. The van der Waals surface area contributed by atoms with Gasteiger partial charge in [0.25, 0.3) is 5.91 Å². The van der Waals surface area contributed by atoms with E-state index < -0.39 is 6.29 Å². The van der Waals surface area contributed by atoms with E-state index in [4.69, 9.17) is 9.47 Å². The summed E-state index contributed by atoms with van der Waals surface area (Å²) in [5.74, 6) is 0.288. The molecule has 5 aromatic rings. The minimum Gasteiger partial charge on any atom is -0.392 e. The number of aliphatic hydroxyl groups is 1. The Morgan fingerprint density at radius 2 is 1.71 bits per heavy atom. The molecule has 1 saturated heterocycles. The molecule has 2 N–H and O–H groups in total. The molecule has 41 heavy (non-hydrogen) atoms. The van der Waals surface area contributed by atoms with Crippen molar-refractivity contribution < 1.29 is 19.4 Å². The molecule has 9 nitrogen and oxygen atoms in total. The number of nitrogens with zero attached hydrogens (tertiary/aromatic N) is 4. The van der Waals surface area contributed by atoms with Gasteiger partial charge >= 0.3 is 0 Å². The van der Waals surface area contributed by atoms with Crippen molar-refractivity contribution in [1.29, 1.82) is 0 Å². The van der Waals surface area contributed by atoms with Crippen molar-refractivity contribution in [3.63, 3.8) is 0 Å². The van der Waals surface area contributed by atoms with Gasteiger partial charge < -0.3 is 19.9 Å². The van der Waals surface area contributed by atoms with Crippen molar-refractivity contribution in [3.8, 4) is 0 Å². The summed E-state index contributed by atoms with van der Waals surface area (Å²) in [6.07, 6.45) is 4.53. The number of rotatable bonds is 8. The molecule has 206 valence electrons. The average molecular weight is 566 g/mol. The first-order valence-corrected chi connectivity index (χ1v) is 14.2. The number of anilines is 1. The fraction of sp³-hybridized carbons (Fsp3) is 0.194. The van der Waals surface area contributed by atoms with E-state index in [0.717, 1.165) is 22.2 Å². The Kier molecular flexibility index (Phi) is 8.24. The van der Waals surface area contributed by atoms with E-state index in [1.807, 2.05) is 72.8 Å². The summed E-state index contributed by atoms with van der Waals surface area (Å²) in [4.78, 5) is 30.4. The number of fused-ring (bicyclic) bond motifs is 1. The third-order valence-electron chi connectivity index (χ3n) is 6.65. The second kappa shape index (κ2) is 12.5. The Hall–Kier alpha value is -4.22. The van der Waals surface area contributed by atoms with E-state index >= 15 is 0 Å². The van der Waals surface area contributed by atoms with Gasteiger partial charge in [0.15, 0.2) is 11.4 Å². The van der Waals surface area contributed by atoms with E-state index in [0.29, 0.717) is 28.5 Å². The maximum Gasteiger partial charge on any atom is 0.275 e. The number of aromatic nitrogens is 4. The predicted octanol–water partition coefficient (Wildman–Crippen LogP) is 5.50. The number of ether oxygens (including phenoxy) is 2. The fourth-order valence-corrected chi connectivity index (χ4v) is 5.40. The number of hydrogen-bond donors (Lipinski definition) is 2. The number of nitrogens with one attached hydrogen (secondary N) is 1. The molecule has 0 bridgehead atoms. The molecule has 3 heterocycles. The van der Waals surface area contributed by atoms with Crippen molar-refractivity contribution in [1.82, 2.24) is 19.9 Å². The minimum atomic E-state index is -0.661. The summed E-state index contributed by atoms with van der Waals surface area (Å²) in [5, 5.41) is 13.1. The van der Waals surface area contributed by atoms with Crippen LogP contribution in [0, 0.1) is 0 Å². The Morgan fingerprint density at radius 3 is 2.51 bits per heavy atom. The van der Waals surface area contributed by atoms with Gasteiger partial charge in [-0.05, 0) is 41.5 Å². The topological polar surface area (TPSA) is 119 Å². The summed E-state index contributed by atoms with van der Waals surface area (Å²) in [7, 11) is 0. The van der Waals surface area contributed by atoms with Crippen LogP contribution in [0.1, 0.15) is 46.0 Å². The maximum atomic E-state index is 13.0. The lowest BCUT2D eigenvalue weighted by Gasteiger charge is -2.36. The largest absolute Gasteiger partial charge is 0.392 e. The molecule has 10 heteroatoms. The van der Waals surface area contributed by atoms with Crippen LogP contribution in [0.15, 0.2) is 103 Å². The van der Waals surface area contributed by atoms with Crippen LogP contribution in [-0.4, -0.2) is 42.8 Å². The number of benzene rings is 3. The van der Waals surface area contributed by atoms with Crippen molar-refractivity contribution >= 4 is 34.4 Å². The van der Waals surface area contributed by atoms with Gasteiger partial charge in [0.05, 0.1) is 36.0 Å². The zero-order valence-electron chi connectivity index (χ0n) is 22.0. The lowest BCUT2D eigenvalue weighted by molar-refractivity contribution is -0.245. The first-order chi connectivity index (χ1) is 20.1. The molecular formula is C31H27N5O4S. The first kappa shape index (κ1) is 27.0. The summed E-state index contributed by atoms with van der Waals surface area (Å²) in [5.41, 5.74) is 4.81. The molecular weight excluding hydrogens is 538 g/mol. The highest BCUT2D eigenvalue weighted by Crippen LogP contribution is 2.39. The second-order valence-electron chi connectivity index (χ2n) is 9.52. The van der Waals surface area contributed by atoms with Gasteiger partial charge in [0.2, 0.25) is 0 Å². The van der Waals surface area contributed by atoms with Crippen molar-refractivity contribution in [2.75, 3.05) is 11.1 Å². The quantitative estimate of drug-likeness (QED) is 0.186. The smallest absolute Gasteiger partial charge is 0.275 e. The number of amides is 1. The molecule has 3 atom stereocenters. The van der Waals surface area contributed by atoms with E-state index in [-0.39, 0.29) is 30.4 Å². The lowest BCUT2D eigenvalue weighted by atomic mass is 10.0. The van der Waals surface area contributed by atoms with Gasteiger partial charge in [0, 0.05) is 35.8 Å². The fourth-order valence-electron chi connectivity index (χ4n) is 4.57. The van der Waals surface area contributed by atoms with Crippen LogP contribution < -0.4 is 5.32 Å². The molecule has 0 radical (unpaired) electrons. The molecule has 2 aromatic heterocycles. The predicted molar refractivity (Wildman–Crippen MR) is 155 cm³/mol. The Labute approximate surface area is 241 Å². The third-order valence-corrected chi connectivity index (χ3v) is 7.66. The van der Waals surface area contributed by atoms with E-state index in [1.54, 1.807) is 18.5 Å². The number of carbonyl (C=O) groups excluding carboxylic acids is 1. The van der Waals surface area contributed by atoms with Gasteiger partial charge in [-0.2, -0.15) is 0 Å². The molecule has 0 saturated carbocycles. The molecule has 1 fully saturated rings. The van der Waals surface area contributed by atoms with Crippen LogP contribution in [0.5, 0.6) is 0 Å². The molecule has 0 aliphatic carbocycles. The number of carbonyl (C=O) groups is 1. The minimum absolute atomic E-state index is 0.0167. The molecule has 3 aromatic carbocycles. The lowest BCUT2D eigenvalue weighted by Crippen LogP contribution is -2.31. The van der Waals surface area contributed by atoms with Gasteiger partial charge in [-0.1, -0.05) is 60.3 Å². The zero-order valence-corrected chi connectivity index (χ0v) is 22.8. The van der Waals surface area contributed by atoms with Crippen LogP contribution in [0.3, 0.4) is 0 Å². The molecule has 6 rings (SSSR count).